The third-order valence-corrected chi connectivity index (χ3v) is 5.41. The highest BCUT2D eigenvalue weighted by atomic mass is 19.3. The van der Waals surface area contributed by atoms with Crippen LogP contribution >= 0.6 is 0 Å². The number of anilines is 1. The van der Waals surface area contributed by atoms with E-state index in [1.165, 1.54) is 0 Å². The van der Waals surface area contributed by atoms with Crippen LogP contribution in [0.5, 0.6) is 0 Å². The van der Waals surface area contributed by atoms with Crippen LogP contribution in [0.15, 0.2) is 42.9 Å². The van der Waals surface area contributed by atoms with Crippen LogP contribution in [-0.4, -0.2) is 34.0 Å². The van der Waals surface area contributed by atoms with Crippen LogP contribution in [0.25, 0.3) is 11.2 Å². The number of aryl methyl sites for hydroxylation is 2. The Morgan fingerprint density at radius 2 is 1.94 bits per heavy atom. The van der Waals surface area contributed by atoms with Crippen LogP contribution in [0.1, 0.15) is 55.0 Å². The van der Waals surface area contributed by atoms with Gasteiger partial charge in [0, 0.05) is 24.4 Å². The number of hydrogen-bond acceptors (Lipinski definition) is 4. The van der Waals surface area contributed by atoms with E-state index in [4.69, 9.17) is 4.98 Å². The van der Waals surface area contributed by atoms with Gasteiger partial charge in [-0.25, -0.2) is 27.1 Å². The lowest BCUT2D eigenvalue weighted by Crippen LogP contribution is -2.15. The molecule has 1 atom stereocenters. The van der Waals surface area contributed by atoms with Gasteiger partial charge in [0.2, 0.25) is 6.43 Å². The fourth-order valence-electron chi connectivity index (χ4n) is 3.73. The smallest absolute Gasteiger partial charge is 0.255 e. The number of alkyl halides is 4. The third-order valence-electron chi connectivity index (χ3n) is 5.41. The van der Waals surface area contributed by atoms with E-state index < -0.39 is 19.4 Å². The zero-order valence-corrected chi connectivity index (χ0v) is 19.0. The van der Waals surface area contributed by atoms with Crippen molar-refractivity contribution in [2.75, 3.05) is 11.9 Å². The molecule has 3 rings (SSSR count). The van der Waals surface area contributed by atoms with Gasteiger partial charge in [-0.15, -0.1) is 0 Å². The van der Waals surface area contributed by atoms with Gasteiger partial charge in [-0.1, -0.05) is 30.7 Å². The quantitative estimate of drug-likeness (QED) is 0.342. The predicted molar refractivity (Wildman–Crippen MR) is 123 cm³/mol. The second kappa shape index (κ2) is 11.2. The van der Waals surface area contributed by atoms with Gasteiger partial charge in [0.15, 0.2) is 5.65 Å². The average Bonchev–Trinajstić information content (AvgIpc) is 3.18. The van der Waals surface area contributed by atoms with Gasteiger partial charge in [-0.05, 0) is 49.5 Å². The highest BCUT2D eigenvalue weighted by Crippen LogP contribution is 2.27. The van der Waals surface area contributed by atoms with Crippen LogP contribution in [-0.2, 0) is 6.42 Å². The number of nitrogens with one attached hydrogen (secondary N) is 2. The molecular weight excluding hydrogens is 434 g/mol. The van der Waals surface area contributed by atoms with Crippen LogP contribution in [0, 0.1) is 6.92 Å². The van der Waals surface area contributed by atoms with Gasteiger partial charge in [0.05, 0.1) is 18.8 Å². The summed E-state index contributed by atoms with van der Waals surface area (Å²) in [5.74, 6) is 0.606. The minimum atomic E-state index is -2.44. The van der Waals surface area contributed by atoms with E-state index in [1.807, 2.05) is 39.0 Å². The second-order valence-corrected chi connectivity index (χ2v) is 7.96. The molecule has 2 aromatic heterocycles. The molecule has 9 heteroatoms. The lowest BCUT2D eigenvalue weighted by Gasteiger charge is -2.19. The minimum Gasteiger partial charge on any atom is -0.385 e. The van der Waals surface area contributed by atoms with Gasteiger partial charge in [-0.3, -0.25) is 0 Å². The van der Waals surface area contributed by atoms with Crippen LogP contribution in [0.2, 0.25) is 0 Å². The Hall–Kier alpha value is -3.10. The molecule has 178 valence electrons. The molecule has 0 spiro atoms. The number of aromatic nitrogens is 3. The van der Waals surface area contributed by atoms with E-state index in [9.17, 15) is 17.6 Å². The van der Waals surface area contributed by atoms with Crippen LogP contribution < -0.4 is 10.6 Å². The van der Waals surface area contributed by atoms with Crippen LogP contribution in [0.3, 0.4) is 0 Å². The van der Waals surface area contributed by atoms with Crippen LogP contribution in [0.4, 0.5) is 23.4 Å². The highest BCUT2D eigenvalue weighted by Gasteiger charge is 2.15. The Kier molecular flexibility index (Phi) is 8.30. The van der Waals surface area contributed by atoms with Crippen molar-refractivity contribution in [3.8, 4) is 0 Å². The first-order valence-electron chi connectivity index (χ1n) is 11.0. The van der Waals surface area contributed by atoms with Gasteiger partial charge < -0.3 is 10.6 Å². The maximum atomic E-state index is 12.8. The summed E-state index contributed by atoms with van der Waals surface area (Å²) in [6.45, 7) is 5.44. The summed E-state index contributed by atoms with van der Waals surface area (Å²) in [6.07, 6.45) is 0.965. The molecule has 2 heterocycles. The van der Waals surface area contributed by atoms with E-state index in [-0.39, 0.29) is 12.5 Å². The maximum Gasteiger partial charge on any atom is 0.255 e. The SMILES string of the molecule is CC/C(=C\NCC(F)F)c1cnn2ccc(NC(C)c3cc(C)ccc3CCC(F)F)nc12. The monoisotopic (exact) mass is 463 g/mol. The van der Waals surface area contributed by atoms with Crippen molar-refractivity contribution in [1.82, 2.24) is 19.9 Å². The number of hydrogen-bond donors (Lipinski definition) is 2. The van der Waals surface area contributed by atoms with Gasteiger partial charge >= 0.3 is 0 Å². The fourth-order valence-corrected chi connectivity index (χ4v) is 3.73. The van der Waals surface area contributed by atoms with Crippen molar-refractivity contribution in [3.63, 3.8) is 0 Å². The largest absolute Gasteiger partial charge is 0.385 e. The molecule has 1 unspecified atom stereocenters. The minimum absolute atomic E-state index is 0.159. The number of benzene rings is 1. The van der Waals surface area contributed by atoms with Crippen molar-refractivity contribution in [1.29, 1.82) is 0 Å². The molecule has 0 amide bonds. The average molecular weight is 464 g/mol. The molecule has 0 radical (unpaired) electrons. The molecule has 0 saturated carbocycles. The Morgan fingerprint density at radius 1 is 1.15 bits per heavy atom. The number of allylic oxidation sites excluding steroid dienone is 1. The van der Waals surface area contributed by atoms with Gasteiger partial charge in [0.25, 0.3) is 6.43 Å². The number of fused-ring (bicyclic) bond motifs is 1. The predicted octanol–water partition coefficient (Wildman–Crippen LogP) is 6.01. The van der Waals surface area contributed by atoms with E-state index in [1.54, 1.807) is 29.2 Å². The van der Waals surface area contributed by atoms with E-state index in [0.717, 1.165) is 27.8 Å². The lowest BCUT2D eigenvalue weighted by molar-refractivity contribution is 0.138. The van der Waals surface area contributed by atoms with E-state index in [2.05, 4.69) is 15.7 Å². The molecule has 0 saturated heterocycles. The molecule has 3 aromatic rings. The van der Waals surface area contributed by atoms with Crippen molar-refractivity contribution >= 4 is 17.0 Å². The molecule has 0 bridgehead atoms. The summed E-state index contributed by atoms with van der Waals surface area (Å²) in [5.41, 5.74) is 5.06. The Bertz CT molecular complexity index is 1090. The molecule has 5 nitrogen and oxygen atoms in total. The topological polar surface area (TPSA) is 54.2 Å². The van der Waals surface area contributed by atoms with E-state index in [0.29, 0.717) is 24.3 Å². The fraction of sp³-hybridized carbons (Fsp3) is 0.417. The normalized spacial score (nSPS) is 13.2. The molecule has 1 aromatic carbocycles. The summed E-state index contributed by atoms with van der Waals surface area (Å²) in [4.78, 5) is 4.69. The molecule has 2 N–H and O–H groups in total. The summed E-state index contributed by atoms with van der Waals surface area (Å²) in [5, 5.41) is 10.3. The molecular formula is C24H29F4N5. The summed E-state index contributed by atoms with van der Waals surface area (Å²) >= 11 is 0. The van der Waals surface area contributed by atoms with Crippen molar-refractivity contribution < 1.29 is 17.6 Å². The number of nitrogens with zero attached hydrogens (tertiary/aromatic N) is 3. The summed E-state index contributed by atoms with van der Waals surface area (Å²) < 4.78 is 52.1. The summed E-state index contributed by atoms with van der Waals surface area (Å²) in [6, 6.07) is 7.47. The van der Waals surface area contributed by atoms with Crippen molar-refractivity contribution in [3.05, 3.63) is 65.1 Å². The van der Waals surface area contributed by atoms with Crippen molar-refractivity contribution in [2.24, 2.45) is 0 Å². The maximum absolute atomic E-state index is 12.8. The zero-order chi connectivity index (χ0) is 24.0. The molecule has 0 fully saturated rings. The standard InChI is InChI=1S/C24H29F4N5/c1-4-17(12-29-14-22(27)28)20-13-30-33-10-9-23(32-24(20)33)31-16(3)19-11-15(2)5-6-18(19)7-8-21(25)26/h5-6,9-13,16,21-22,29H,4,7-8,14H2,1-3H3,(H,31,32)/b17-12+. The third kappa shape index (κ3) is 6.46. The van der Waals surface area contributed by atoms with Gasteiger partial charge in [0.1, 0.15) is 5.82 Å². The lowest BCUT2D eigenvalue weighted by atomic mass is 9.96. The van der Waals surface area contributed by atoms with Gasteiger partial charge in [-0.2, -0.15) is 5.10 Å². The summed E-state index contributed by atoms with van der Waals surface area (Å²) in [7, 11) is 0. The number of halogens is 4. The Morgan fingerprint density at radius 3 is 2.64 bits per heavy atom. The Balaban J connectivity index is 1.85. The molecule has 0 aliphatic heterocycles. The molecule has 0 aliphatic rings. The highest BCUT2D eigenvalue weighted by molar-refractivity contribution is 5.76. The first-order chi connectivity index (χ1) is 15.8. The number of rotatable bonds is 11. The first-order valence-corrected chi connectivity index (χ1v) is 11.0. The Labute approximate surface area is 190 Å². The molecule has 33 heavy (non-hydrogen) atoms. The van der Waals surface area contributed by atoms with E-state index >= 15 is 0 Å². The first kappa shape index (κ1) is 24.5. The van der Waals surface area contributed by atoms with Crippen molar-refractivity contribution in [2.45, 2.75) is 58.9 Å². The zero-order valence-electron chi connectivity index (χ0n) is 19.0. The second-order valence-electron chi connectivity index (χ2n) is 7.96. The molecule has 0 aliphatic carbocycles.